The number of hydrogen-bond acceptors (Lipinski definition) is 4. The largest absolute Gasteiger partial charge is 0.309 e. The average Bonchev–Trinajstić information content (AvgIpc) is 3.82. The van der Waals surface area contributed by atoms with E-state index in [1.54, 1.807) is 0 Å². The lowest BCUT2D eigenvalue weighted by Crippen LogP contribution is -2.02. The van der Waals surface area contributed by atoms with Crippen LogP contribution >= 0.6 is 0 Å². The van der Waals surface area contributed by atoms with Crippen molar-refractivity contribution < 1.29 is 0 Å². The Morgan fingerprint density at radius 2 is 0.793 bits per heavy atom. The Hall–Kier alpha value is -8.14. The zero-order valence-electron chi connectivity index (χ0n) is 31.2. The van der Waals surface area contributed by atoms with E-state index in [1.807, 2.05) is 84.9 Å². The van der Waals surface area contributed by atoms with E-state index in [9.17, 15) is 5.26 Å². The lowest BCUT2D eigenvalue weighted by atomic mass is 9.97. The number of aromatic nitrogens is 5. The van der Waals surface area contributed by atoms with Gasteiger partial charge in [-0.3, -0.25) is 0 Å². The lowest BCUT2D eigenvalue weighted by molar-refractivity contribution is 1.07. The maximum absolute atomic E-state index is 9.71. The van der Waals surface area contributed by atoms with Crippen LogP contribution in [0.4, 0.5) is 0 Å². The molecule has 0 saturated carbocycles. The molecule has 6 heteroatoms. The summed E-state index contributed by atoms with van der Waals surface area (Å²) in [6.45, 7) is 0. The Kier molecular flexibility index (Phi) is 7.76. The third kappa shape index (κ3) is 5.45. The van der Waals surface area contributed by atoms with Crippen molar-refractivity contribution in [1.29, 1.82) is 5.26 Å². The van der Waals surface area contributed by atoms with E-state index in [1.165, 1.54) is 32.6 Å². The standard InChI is InChI=1S/C52H32N6/c53-33-34-23-25-35(26-24-34)45-31-38(28-30-44(45)52-55-50(36-13-3-1-4-14-36)54-51(56-52)37-15-5-2-6-16-37)58-48-22-12-9-19-42(48)43-29-27-39(32-49(43)58)57-46-20-10-7-17-40(46)41-18-8-11-21-47(41)57/h1-32H. The zero-order valence-corrected chi connectivity index (χ0v) is 31.2. The predicted octanol–water partition coefficient (Wildman–Crippen LogP) is 12.6. The molecule has 6 nitrogen and oxygen atoms in total. The van der Waals surface area contributed by atoms with Crippen molar-refractivity contribution in [3.8, 4) is 62.7 Å². The third-order valence-corrected chi connectivity index (χ3v) is 11.0. The summed E-state index contributed by atoms with van der Waals surface area (Å²) in [6.07, 6.45) is 0. The second-order valence-corrected chi connectivity index (χ2v) is 14.4. The maximum Gasteiger partial charge on any atom is 0.164 e. The van der Waals surface area contributed by atoms with Gasteiger partial charge in [0.15, 0.2) is 17.5 Å². The fourth-order valence-electron chi connectivity index (χ4n) is 8.34. The van der Waals surface area contributed by atoms with Gasteiger partial charge in [-0.15, -0.1) is 0 Å². The number of fused-ring (bicyclic) bond motifs is 6. The molecular formula is C52H32N6. The number of para-hydroxylation sites is 3. The lowest BCUT2D eigenvalue weighted by Gasteiger charge is -2.16. The Bertz CT molecular complexity index is 3280. The third-order valence-electron chi connectivity index (χ3n) is 11.0. The van der Waals surface area contributed by atoms with Crippen molar-refractivity contribution >= 4 is 43.6 Å². The highest BCUT2D eigenvalue weighted by atomic mass is 15.0. The van der Waals surface area contributed by atoms with Crippen LogP contribution in [0.15, 0.2) is 194 Å². The molecule has 0 bridgehead atoms. The van der Waals surface area contributed by atoms with Crippen LogP contribution in [0, 0.1) is 11.3 Å². The highest BCUT2D eigenvalue weighted by molar-refractivity contribution is 6.12. The van der Waals surface area contributed by atoms with Gasteiger partial charge in [0.1, 0.15) is 0 Å². The van der Waals surface area contributed by atoms with Crippen LogP contribution < -0.4 is 0 Å². The minimum absolute atomic E-state index is 0.564. The van der Waals surface area contributed by atoms with Crippen molar-refractivity contribution in [2.75, 3.05) is 0 Å². The summed E-state index contributed by atoms with van der Waals surface area (Å²) in [6, 6.07) is 69.2. The van der Waals surface area contributed by atoms with Gasteiger partial charge < -0.3 is 9.13 Å². The summed E-state index contributed by atoms with van der Waals surface area (Å²) >= 11 is 0. The smallest absolute Gasteiger partial charge is 0.164 e. The van der Waals surface area contributed by atoms with Gasteiger partial charge in [-0.1, -0.05) is 133 Å². The molecule has 0 spiro atoms. The van der Waals surface area contributed by atoms with Crippen LogP contribution in [0.25, 0.3) is 100 Å². The molecule has 0 fully saturated rings. The van der Waals surface area contributed by atoms with E-state index >= 15 is 0 Å². The minimum atomic E-state index is 0.564. The number of nitriles is 1. The van der Waals surface area contributed by atoms with E-state index in [0.29, 0.717) is 23.0 Å². The molecule has 0 aliphatic carbocycles. The van der Waals surface area contributed by atoms with Gasteiger partial charge in [0.05, 0.1) is 33.7 Å². The van der Waals surface area contributed by atoms with Crippen LogP contribution in [0.3, 0.4) is 0 Å². The van der Waals surface area contributed by atoms with E-state index < -0.39 is 0 Å². The molecular weight excluding hydrogens is 709 g/mol. The van der Waals surface area contributed by atoms with Crippen LogP contribution in [0.1, 0.15) is 5.56 Å². The Morgan fingerprint density at radius 3 is 1.34 bits per heavy atom. The normalized spacial score (nSPS) is 11.4. The van der Waals surface area contributed by atoms with E-state index in [4.69, 9.17) is 15.0 Å². The van der Waals surface area contributed by atoms with Crippen LogP contribution in [-0.2, 0) is 0 Å². The molecule has 8 aromatic carbocycles. The minimum Gasteiger partial charge on any atom is -0.309 e. The first kappa shape index (κ1) is 33.2. The second kappa shape index (κ2) is 13.6. The average molecular weight is 741 g/mol. The summed E-state index contributed by atoms with van der Waals surface area (Å²) in [5.41, 5.74) is 11.8. The Morgan fingerprint density at radius 1 is 0.345 bits per heavy atom. The highest BCUT2D eigenvalue weighted by Crippen LogP contribution is 2.40. The van der Waals surface area contributed by atoms with E-state index in [0.717, 1.165) is 50.2 Å². The SMILES string of the molecule is N#Cc1ccc(-c2cc(-n3c4ccccc4c4ccc(-n5c6ccccc6c6ccccc65)cc43)ccc2-c2nc(-c3ccccc3)nc(-c3ccccc3)n2)cc1. The Labute approximate surface area is 334 Å². The van der Waals surface area contributed by atoms with Gasteiger partial charge >= 0.3 is 0 Å². The summed E-state index contributed by atoms with van der Waals surface area (Å²) in [7, 11) is 0. The summed E-state index contributed by atoms with van der Waals surface area (Å²) < 4.78 is 4.73. The molecule has 0 amide bonds. The fourth-order valence-corrected chi connectivity index (χ4v) is 8.34. The number of hydrogen-bond donors (Lipinski definition) is 0. The fraction of sp³-hybridized carbons (Fsp3) is 0. The quantitative estimate of drug-likeness (QED) is 0.170. The molecule has 58 heavy (non-hydrogen) atoms. The van der Waals surface area contributed by atoms with Gasteiger partial charge in [0.25, 0.3) is 0 Å². The summed E-state index contributed by atoms with van der Waals surface area (Å²) in [5, 5.41) is 14.5. The molecule has 270 valence electrons. The molecule has 0 atom stereocenters. The van der Waals surface area contributed by atoms with Crippen molar-refractivity contribution in [3.05, 3.63) is 200 Å². The van der Waals surface area contributed by atoms with Crippen molar-refractivity contribution in [3.63, 3.8) is 0 Å². The van der Waals surface area contributed by atoms with Crippen LogP contribution in [0.2, 0.25) is 0 Å². The van der Waals surface area contributed by atoms with Gasteiger partial charge in [0.2, 0.25) is 0 Å². The molecule has 0 aliphatic heterocycles. The first-order chi connectivity index (χ1) is 28.7. The number of benzene rings is 8. The molecule has 0 saturated heterocycles. The maximum atomic E-state index is 9.71. The predicted molar refractivity (Wildman–Crippen MR) is 235 cm³/mol. The summed E-state index contributed by atoms with van der Waals surface area (Å²) in [4.78, 5) is 15.2. The first-order valence-corrected chi connectivity index (χ1v) is 19.3. The molecule has 0 radical (unpaired) electrons. The zero-order chi connectivity index (χ0) is 38.6. The van der Waals surface area contributed by atoms with Gasteiger partial charge in [-0.25, -0.2) is 15.0 Å². The van der Waals surface area contributed by atoms with E-state index in [-0.39, 0.29) is 0 Å². The van der Waals surface area contributed by atoms with Crippen molar-refractivity contribution in [2.24, 2.45) is 0 Å². The van der Waals surface area contributed by atoms with Gasteiger partial charge in [0, 0.05) is 49.6 Å². The molecule has 0 unspecified atom stereocenters. The second-order valence-electron chi connectivity index (χ2n) is 14.4. The monoisotopic (exact) mass is 740 g/mol. The van der Waals surface area contributed by atoms with Gasteiger partial charge in [-0.05, 0) is 71.8 Å². The molecule has 3 aromatic heterocycles. The van der Waals surface area contributed by atoms with Gasteiger partial charge in [-0.2, -0.15) is 5.26 Å². The highest BCUT2D eigenvalue weighted by Gasteiger charge is 2.20. The summed E-state index contributed by atoms with van der Waals surface area (Å²) in [5.74, 6) is 1.76. The number of rotatable bonds is 6. The van der Waals surface area contributed by atoms with Crippen molar-refractivity contribution in [1.82, 2.24) is 24.1 Å². The topological polar surface area (TPSA) is 72.3 Å². The molecule has 0 aliphatic rings. The molecule has 3 heterocycles. The Balaban J connectivity index is 1.16. The number of nitrogens with zero attached hydrogens (tertiary/aromatic N) is 6. The van der Waals surface area contributed by atoms with Crippen molar-refractivity contribution in [2.45, 2.75) is 0 Å². The first-order valence-electron chi connectivity index (χ1n) is 19.3. The molecule has 11 aromatic rings. The van der Waals surface area contributed by atoms with Crippen LogP contribution in [0.5, 0.6) is 0 Å². The van der Waals surface area contributed by atoms with Crippen LogP contribution in [-0.4, -0.2) is 24.1 Å². The molecule has 0 N–H and O–H groups in total. The van der Waals surface area contributed by atoms with E-state index in [2.05, 4.69) is 124 Å². The molecule has 11 rings (SSSR count).